The zero-order valence-electron chi connectivity index (χ0n) is 16.6. The molecule has 0 unspecified atom stereocenters. The van der Waals surface area contributed by atoms with Crippen LogP contribution in [0.3, 0.4) is 0 Å². The molecule has 4 nitrogen and oxygen atoms in total. The summed E-state index contributed by atoms with van der Waals surface area (Å²) in [5.74, 6) is 1.45. The summed E-state index contributed by atoms with van der Waals surface area (Å²) in [6.45, 7) is 9.93. The van der Waals surface area contributed by atoms with E-state index in [-0.39, 0.29) is 11.9 Å². The topological polar surface area (TPSA) is 47.6 Å². The van der Waals surface area contributed by atoms with Gasteiger partial charge in [0, 0.05) is 0 Å². The van der Waals surface area contributed by atoms with Crippen LogP contribution in [0.25, 0.3) is 0 Å². The number of ether oxygens (including phenoxy) is 2. The molecule has 2 aromatic carbocycles. The summed E-state index contributed by atoms with van der Waals surface area (Å²) in [7, 11) is 1.64. The standard InChI is InChI=1S/C22H29NO3/c1-7-20(18-8-10-19(25-6)11-9-18)23-22(24)17(5)26-21-13-14(2)12-15(3)16(21)4/h8-13,17,20H,7H2,1-6H3,(H,23,24)/t17-,20+/m0/s1. The van der Waals surface area contributed by atoms with Crippen molar-refractivity contribution in [3.05, 3.63) is 58.7 Å². The molecule has 0 heterocycles. The minimum atomic E-state index is -0.567. The predicted molar refractivity (Wildman–Crippen MR) is 105 cm³/mol. The fraction of sp³-hybridized carbons (Fsp3) is 0.409. The predicted octanol–water partition coefficient (Wildman–Crippen LogP) is 4.66. The maximum atomic E-state index is 12.6. The van der Waals surface area contributed by atoms with Crippen LogP contribution in [0.5, 0.6) is 11.5 Å². The molecular formula is C22H29NO3. The maximum Gasteiger partial charge on any atom is 0.261 e. The number of methoxy groups -OCH3 is 1. The van der Waals surface area contributed by atoms with Gasteiger partial charge in [-0.25, -0.2) is 0 Å². The summed E-state index contributed by atoms with van der Waals surface area (Å²) in [6.07, 6.45) is 0.232. The van der Waals surface area contributed by atoms with Crippen molar-refractivity contribution in [3.8, 4) is 11.5 Å². The van der Waals surface area contributed by atoms with Crippen LogP contribution in [-0.4, -0.2) is 19.1 Å². The van der Waals surface area contributed by atoms with E-state index in [1.807, 2.05) is 44.2 Å². The zero-order valence-corrected chi connectivity index (χ0v) is 16.6. The number of rotatable bonds is 7. The normalized spacial score (nSPS) is 13.0. The molecule has 2 rings (SSSR count). The number of aryl methyl sites for hydroxylation is 2. The van der Waals surface area contributed by atoms with E-state index in [4.69, 9.17) is 9.47 Å². The fourth-order valence-electron chi connectivity index (χ4n) is 2.91. The number of hydrogen-bond donors (Lipinski definition) is 1. The van der Waals surface area contributed by atoms with Crippen LogP contribution in [0.4, 0.5) is 0 Å². The molecule has 0 bridgehead atoms. The van der Waals surface area contributed by atoms with Gasteiger partial charge in [-0.1, -0.05) is 25.1 Å². The largest absolute Gasteiger partial charge is 0.497 e. The highest BCUT2D eigenvalue weighted by Gasteiger charge is 2.20. The van der Waals surface area contributed by atoms with Gasteiger partial charge in [0.1, 0.15) is 11.5 Å². The van der Waals surface area contributed by atoms with Crippen LogP contribution in [0, 0.1) is 20.8 Å². The molecule has 0 aliphatic heterocycles. The number of carbonyl (C=O) groups excluding carboxylic acids is 1. The van der Waals surface area contributed by atoms with E-state index in [1.165, 1.54) is 0 Å². The Morgan fingerprint density at radius 1 is 1.12 bits per heavy atom. The lowest BCUT2D eigenvalue weighted by Crippen LogP contribution is -2.38. The summed E-state index contributed by atoms with van der Waals surface area (Å²) < 4.78 is 11.1. The number of carbonyl (C=O) groups is 1. The Morgan fingerprint density at radius 2 is 1.77 bits per heavy atom. The van der Waals surface area contributed by atoms with Crippen LogP contribution in [0.15, 0.2) is 36.4 Å². The van der Waals surface area contributed by atoms with Crippen molar-refractivity contribution in [2.45, 2.75) is 53.2 Å². The molecule has 26 heavy (non-hydrogen) atoms. The molecule has 4 heteroatoms. The molecule has 0 aliphatic carbocycles. The lowest BCUT2D eigenvalue weighted by atomic mass is 10.0. The van der Waals surface area contributed by atoms with E-state index in [9.17, 15) is 4.79 Å². The maximum absolute atomic E-state index is 12.6. The highest BCUT2D eigenvalue weighted by atomic mass is 16.5. The Morgan fingerprint density at radius 3 is 2.35 bits per heavy atom. The molecule has 140 valence electrons. The number of amides is 1. The average molecular weight is 355 g/mol. The van der Waals surface area contributed by atoms with E-state index in [0.717, 1.165) is 40.2 Å². The van der Waals surface area contributed by atoms with Gasteiger partial charge in [0.2, 0.25) is 0 Å². The van der Waals surface area contributed by atoms with Crippen LogP contribution in [0.2, 0.25) is 0 Å². The Bertz CT molecular complexity index is 753. The third kappa shape index (κ3) is 4.78. The number of benzene rings is 2. The van der Waals surface area contributed by atoms with Gasteiger partial charge < -0.3 is 14.8 Å². The number of hydrogen-bond acceptors (Lipinski definition) is 3. The molecular weight excluding hydrogens is 326 g/mol. The Hall–Kier alpha value is -2.49. The van der Waals surface area contributed by atoms with Crippen LogP contribution in [0.1, 0.15) is 48.6 Å². The Labute approximate surface area is 156 Å². The lowest BCUT2D eigenvalue weighted by Gasteiger charge is -2.22. The molecule has 1 N–H and O–H groups in total. The molecule has 2 atom stereocenters. The van der Waals surface area contributed by atoms with Crippen molar-refractivity contribution in [2.75, 3.05) is 7.11 Å². The van der Waals surface area contributed by atoms with Gasteiger partial charge in [-0.3, -0.25) is 4.79 Å². The first-order valence-electron chi connectivity index (χ1n) is 9.04. The highest BCUT2D eigenvalue weighted by molar-refractivity contribution is 5.81. The lowest BCUT2D eigenvalue weighted by molar-refractivity contribution is -0.128. The minimum Gasteiger partial charge on any atom is -0.497 e. The molecule has 1 amide bonds. The number of nitrogens with one attached hydrogen (secondary N) is 1. The molecule has 0 saturated carbocycles. The van der Waals surface area contributed by atoms with Crippen LogP contribution < -0.4 is 14.8 Å². The summed E-state index contributed by atoms with van der Waals surface area (Å²) in [4.78, 5) is 12.6. The molecule has 0 fully saturated rings. The van der Waals surface area contributed by atoms with Gasteiger partial charge in [0.25, 0.3) is 5.91 Å². The van der Waals surface area contributed by atoms with E-state index in [2.05, 4.69) is 25.2 Å². The first-order chi connectivity index (χ1) is 12.3. The molecule has 0 aliphatic rings. The highest BCUT2D eigenvalue weighted by Crippen LogP contribution is 2.25. The van der Waals surface area contributed by atoms with Crippen LogP contribution in [-0.2, 0) is 4.79 Å². The second-order valence-corrected chi connectivity index (χ2v) is 6.71. The van der Waals surface area contributed by atoms with Gasteiger partial charge in [-0.05, 0) is 74.6 Å². The summed E-state index contributed by atoms with van der Waals surface area (Å²) >= 11 is 0. The summed E-state index contributed by atoms with van der Waals surface area (Å²) in [5.41, 5.74) is 4.41. The first-order valence-corrected chi connectivity index (χ1v) is 9.04. The smallest absolute Gasteiger partial charge is 0.261 e. The van der Waals surface area contributed by atoms with Crippen molar-refractivity contribution < 1.29 is 14.3 Å². The molecule has 0 spiro atoms. The van der Waals surface area contributed by atoms with E-state index < -0.39 is 6.10 Å². The second kappa shape index (κ2) is 8.75. The van der Waals surface area contributed by atoms with Crippen molar-refractivity contribution in [2.24, 2.45) is 0 Å². The molecule has 0 saturated heterocycles. The van der Waals surface area contributed by atoms with E-state index in [1.54, 1.807) is 14.0 Å². The second-order valence-electron chi connectivity index (χ2n) is 6.71. The summed E-state index contributed by atoms with van der Waals surface area (Å²) in [6, 6.07) is 11.8. The van der Waals surface area contributed by atoms with Crippen molar-refractivity contribution in [3.63, 3.8) is 0 Å². The average Bonchev–Trinajstić information content (AvgIpc) is 2.63. The molecule has 0 aromatic heterocycles. The fourth-order valence-corrected chi connectivity index (χ4v) is 2.91. The van der Waals surface area contributed by atoms with Gasteiger partial charge in [0.15, 0.2) is 6.10 Å². The van der Waals surface area contributed by atoms with Crippen molar-refractivity contribution in [1.29, 1.82) is 0 Å². The van der Waals surface area contributed by atoms with Crippen LogP contribution >= 0.6 is 0 Å². The van der Waals surface area contributed by atoms with Gasteiger partial charge in [0.05, 0.1) is 13.2 Å². The first kappa shape index (κ1) is 19.8. The Balaban J connectivity index is 2.07. The van der Waals surface area contributed by atoms with Crippen molar-refractivity contribution >= 4 is 5.91 Å². The SMILES string of the molecule is CC[C@@H](NC(=O)[C@H](C)Oc1cc(C)cc(C)c1C)c1ccc(OC)cc1. The quantitative estimate of drug-likeness (QED) is 0.786. The Kier molecular flexibility index (Phi) is 6.67. The third-order valence-corrected chi connectivity index (χ3v) is 4.68. The van der Waals surface area contributed by atoms with Crippen molar-refractivity contribution in [1.82, 2.24) is 5.32 Å². The van der Waals surface area contributed by atoms with Gasteiger partial charge >= 0.3 is 0 Å². The minimum absolute atomic E-state index is 0.0557. The zero-order chi connectivity index (χ0) is 19.3. The summed E-state index contributed by atoms with van der Waals surface area (Å²) in [5, 5.41) is 3.08. The molecule has 2 aromatic rings. The molecule has 0 radical (unpaired) electrons. The van der Waals surface area contributed by atoms with E-state index >= 15 is 0 Å². The van der Waals surface area contributed by atoms with E-state index in [0.29, 0.717) is 0 Å². The third-order valence-electron chi connectivity index (χ3n) is 4.68. The monoisotopic (exact) mass is 355 g/mol. The van der Waals surface area contributed by atoms with Gasteiger partial charge in [-0.15, -0.1) is 0 Å². The van der Waals surface area contributed by atoms with Gasteiger partial charge in [-0.2, -0.15) is 0 Å².